The molecule has 43 heavy (non-hydrogen) atoms. The summed E-state index contributed by atoms with van der Waals surface area (Å²) in [5, 5.41) is 7.57. The predicted molar refractivity (Wildman–Crippen MR) is 189 cm³/mol. The minimum absolute atomic E-state index is 0.0640. The molecule has 6 aromatic rings. The highest BCUT2D eigenvalue weighted by Gasteiger charge is 2.18. The third kappa shape index (κ3) is 5.33. The first kappa shape index (κ1) is 27.1. The van der Waals surface area contributed by atoms with Crippen molar-refractivity contribution >= 4 is 59.7 Å². The molecule has 3 heterocycles. The molecule has 4 aromatic carbocycles. The van der Waals surface area contributed by atoms with Gasteiger partial charge >= 0.3 is 0 Å². The lowest BCUT2D eigenvalue weighted by atomic mass is 9.96. The molecule has 0 bridgehead atoms. The Hall–Kier alpha value is -4.73. The first-order valence-electron chi connectivity index (χ1n) is 15.1. The molecule has 1 aliphatic rings. The summed E-state index contributed by atoms with van der Waals surface area (Å²) in [4.78, 5) is 5.08. The second kappa shape index (κ2) is 11.9. The van der Waals surface area contributed by atoms with Crippen LogP contribution in [0.1, 0.15) is 49.0 Å². The van der Waals surface area contributed by atoms with Gasteiger partial charge in [0.2, 0.25) is 0 Å². The van der Waals surface area contributed by atoms with Crippen molar-refractivity contribution in [1.82, 2.24) is 4.98 Å². The van der Waals surface area contributed by atoms with Crippen molar-refractivity contribution in [3.63, 3.8) is 0 Å². The molecule has 7 rings (SSSR count). The van der Waals surface area contributed by atoms with Crippen molar-refractivity contribution in [2.45, 2.75) is 32.2 Å². The summed E-state index contributed by atoms with van der Waals surface area (Å²) in [7, 11) is 0. The zero-order chi connectivity index (χ0) is 29.2. The lowest BCUT2D eigenvalue weighted by Crippen LogP contribution is -2.13. The highest BCUT2D eigenvalue weighted by Crippen LogP contribution is 2.41. The summed E-state index contributed by atoms with van der Waals surface area (Å²) in [5.41, 5.74) is 8.76. The summed E-state index contributed by atoms with van der Waals surface area (Å²) in [6.45, 7) is 6.50. The zero-order valence-electron chi connectivity index (χ0n) is 24.4. The van der Waals surface area contributed by atoms with Gasteiger partial charge in [0.15, 0.2) is 0 Å². The van der Waals surface area contributed by atoms with E-state index in [4.69, 9.17) is 4.98 Å². The van der Waals surface area contributed by atoms with Crippen molar-refractivity contribution in [2.24, 2.45) is 0 Å². The Kier molecular flexibility index (Phi) is 7.49. The number of aromatic nitrogens is 1. The van der Waals surface area contributed by atoms with Gasteiger partial charge in [-0.15, -0.1) is 11.3 Å². The zero-order valence-corrected chi connectivity index (χ0v) is 25.2. The largest absolute Gasteiger partial charge is 0.372 e. The quantitative estimate of drug-likeness (QED) is 0.144. The maximum absolute atomic E-state index is 5.08. The van der Waals surface area contributed by atoms with Crippen LogP contribution in [0.2, 0.25) is 0 Å². The van der Waals surface area contributed by atoms with Gasteiger partial charge < -0.3 is 5.32 Å². The summed E-state index contributed by atoms with van der Waals surface area (Å²) >= 11 is 1.88. The van der Waals surface area contributed by atoms with Crippen LogP contribution in [0, 0.1) is 0 Å². The van der Waals surface area contributed by atoms with E-state index >= 15 is 0 Å². The number of anilines is 1. The second-order valence-electron chi connectivity index (χ2n) is 11.1. The molecular weight excluding hydrogens is 541 g/mol. The molecule has 0 radical (unpaired) electrons. The first-order valence-corrected chi connectivity index (χ1v) is 15.9. The van der Waals surface area contributed by atoms with Gasteiger partial charge in [0.1, 0.15) is 0 Å². The highest BCUT2D eigenvalue weighted by molar-refractivity contribution is 7.26. The number of hydrogen-bond acceptors (Lipinski definition) is 3. The van der Waals surface area contributed by atoms with Gasteiger partial charge in [0.25, 0.3) is 0 Å². The average Bonchev–Trinajstić information content (AvgIpc) is 3.45. The van der Waals surface area contributed by atoms with E-state index in [1.54, 1.807) is 0 Å². The molecule has 1 N–H and O–H groups in total. The Morgan fingerprint density at radius 2 is 1.74 bits per heavy atom. The number of allylic oxidation sites excluding steroid dienone is 5. The van der Waals surface area contributed by atoms with Crippen LogP contribution in [0.3, 0.4) is 0 Å². The molecule has 0 spiro atoms. The van der Waals surface area contributed by atoms with Crippen molar-refractivity contribution in [3.05, 3.63) is 145 Å². The van der Waals surface area contributed by atoms with Crippen molar-refractivity contribution in [3.8, 4) is 11.1 Å². The summed E-state index contributed by atoms with van der Waals surface area (Å²) < 4.78 is 2.68. The van der Waals surface area contributed by atoms with Gasteiger partial charge in [-0.1, -0.05) is 142 Å². The number of nitrogens with zero attached hydrogens (tertiary/aromatic N) is 1. The number of pyridine rings is 1. The summed E-state index contributed by atoms with van der Waals surface area (Å²) in [6, 6.07) is 32.9. The summed E-state index contributed by atoms with van der Waals surface area (Å²) in [6.07, 6.45) is 16.4. The van der Waals surface area contributed by atoms with E-state index in [0.717, 1.165) is 39.8 Å². The van der Waals surface area contributed by atoms with E-state index in [0.29, 0.717) is 0 Å². The average molecular weight is 575 g/mol. The highest BCUT2D eigenvalue weighted by atomic mass is 32.1. The SMILES string of the molecule is C=C(/C=C\C=C/CCCC)c1ccc2ccc3c(c2n1)NC(c1ccc(-c2cccc4c2sc2ccccc24)cc1)C=C3. The Labute approximate surface area is 257 Å². The first-order chi connectivity index (χ1) is 21.2. The van der Waals surface area contributed by atoms with Gasteiger partial charge in [0.05, 0.1) is 22.9 Å². The Morgan fingerprint density at radius 1 is 0.907 bits per heavy atom. The molecule has 3 heteroatoms. The summed E-state index contributed by atoms with van der Waals surface area (Å²) in [5.74, 6) is 0. The molecule has 1 aliphatic heterocycles. The number of rotatable bonds is 8. The Balaban J connectivity index is 1.15. The Morgan fingerprint density at radius 3 is 2.63 bits per heavy atom. The molecule has 2 aromatic heterocycles. The fourth-order valence-electron chi connectivity index (χ4n) is 5.87. The molecular formula is C40H34N2S. The van der Waals surface area contributed by atoms with E-state index < -0.39 is 0 Å². The number of thiophene rings is 1. The maximum Gasteiger partial charge on any atom is 0.0947 e. The standard InChI is InChI=1S/C40H34N2S/c1-3-4-5-6-7-8-12-27(2)35-25-23-30-21-22-31-24-26-36(42-39(31)38(30)41-35)29-19-17-28(18-20-29)32-14-11-15-34-33-13-9-10-16-37(33)43-40(32)34/h6-26,36,42H,2-5H2,1H3/b7-6-,12-8-. The van der Waals surface area contributed by atoms with Crippen LogP contribution in [0.25, 0.3) is 53.9 Å². The molecule has 0 aliphatic carbocycles. The van der Waals surface area contributed by atoms with Crippen LogP contribution in [-0.2, 0) is 0 Å². The third-order valence-electron chi connectivity index (χ3n) is 8.25. The van der Waals surface area contributed by atoms with Gasteiger partial charge in [-0.25, -0.2) is 4.98 Å². The minimum Gasteiger partial charge on any atom is -0.372 e. The molecule has 1 atom stereocenters. The molecule has 0 amide bonds. The van der Waals surface area contributed by atoms with Gasteiger partial charge in [0, 0.05) is 25.6 Å². The molecule has 1 unspecified atom stereocenters. The van der Waals surface area contributed by atoms with Gasteiger partial charge in [-0.3, -0.25) is 0 Å². The maximum atomic E-state index is 5.08. The molecule has 0 saturated heterocycles. The van der Waals surface area contributed by atoms with Crippen LogP contribution in [-0.4, -0.2) is 4.98 Å². The molecule has 2 nitrogen and oxygen atoms in total. The normalized spacial score (nSPS) is 14.7. The van der Waals surface area contributed by atoms with Crippen molar-refractivity contribution in [1.29, 1.82) is 0 Å². The van der Waals surface area contributed by atoms with Crippen molar-refractivity contribution in [2.75, 3.05) is 5.32 Å². The fourth-order valence-corrected chi connectivity index (χ4v) is 7.11. The van der Waals surface area contributed by atoms with Crippen LogP contribution < -0.4 is 5.32 Å². The Bertz CT molecular complexity index is 2060. The second-order valence-corrected chi connectivity index (χ2v) is 12.2. The molecule has 0 fully saturated rings. The number of fused-ring (bicyclic) bond motifs is 6. The van der Waals surface area contributed by atoms with Crippen LogP contribution in [0.15, 0.2) is 128 Å². The van der Waals surface area contributed by atoms with E-state index in [-0.39, 0.29) is 6.04 Å². The van der Waals surface area contributed by atoms with E-state index in [9.17, 15) is 0 Å². The van der Waals surface area contributed by atoms with Crippen LogP contribution in [0.4, 0.5) is 5.69 Å². The number of unbranched alkanes of at least 4 members (excludes halogenated alkanes) is 2. The third-order valence-corrected chi connectivity index (χ3v) is 9.47. The van der Waals surface area contributed by atoms with E-state index in [2.05, 4.69) is 140 Å². The minimum atomic E-state index is 0.0640. The van der Waals surface area contributed by atoms with Crippen LogP contribution in [0.5, 0.6) is 0 Å². The lowest BCUT2D eigenvalue weighted by Gasteiger charge is -2.24. The van der Waals surface area contributed by atoms with Gasteiger partial charge in [-0.2, -0.15) is 0 Å². The monoisotopic (exact) mass is 574 g/mol. The number of nitrogens with one attached hydrogen (secondary N) is 1. The smallest absolute Gasteiger partial charge is 0.0947 e. The van der Waals surface area contributed by atoms with Crippen LogP contribution >= 0.6 is 11.3 Å². The van der Waals surface area contributed by atoms with Crippen molar-refractivity contribution < 1.29 is 0 Å². The lowest BCUT2D eigenvalue weighted by molar-refractivity contribution is 0.815. The van der Waals surface area contributed by atoms with E-state index in [1.807, 2.05) is 17.4 Å². The van der Waals surface area contributed by atoms with Gasteiger partial charge in [-0.05, 0) is 46.4 Å². The molecule has 0 saturated carbocycles. The van der Waals surface area contributed by atoms with E-state index in [1.165, 1.54) is 49.7 Å². The number of hydrogen-bond donors (Lipinski definition) is 1. The fraction of sp³-hybridized carbons (Fsp3) is 0.125. The molecule has 210 valence electrons. The predicted octanol–water partition coefficient (Wildman–Crippen LogP) is 11.8. The topological polar surface area (TPSA) is 24.9 Å². The number of benzene rings is 4.